The summed E-state index contributed by atoms with van der Waals surface area (Å²) >= 11 is 5.83. The van der Waals surface area contributed by atoms with Crippen molar-refractivity contribution in [3.05, 3.63) is 46.6 Å². The van der Waals surface area contributed by atoms with E-state index in [1.54, 1.807) is 24.3 Å². The molecule has 1 aliphatic heterocycles. The first-order valence-electron chi connectivity index (χ1n) is 9.30. The topological polar surface area (TPSA) is 67.6 Å². The van der Waals surface area contributed by atoms with E-state index in [1.807, 2.05) is 13.8 Å². The van der Waals surface area contributed by atoms with Gasteiger partial charge >= 0.3 is 0 Å². The number of hydrogen-bond donors (Lipinski definition) is 1. The minimum Gasteiger partial charge on any atom is -0.484 e. The Hall–Kier alpha value is -2.05. The van der Waals surface area contributed by atoms with Gasteiger partial charge in [-0.15, -0.1) is 0 Å². The molecule has 7 heteroatoms. The molecule has 1 aromatic heterocycles. The van der Waals surface area contributed by atoms with Gasteiger partial charge in [-0.2, -0.15) is 0 Å². The molecule has 0 atom stereocenters. The van der Waals surface area contributed by atoms with Crippen molar-refractivity contribution in [1.29, 1.82) is 0 Å². The van der Waals surface area contributed by atoms with E-state index in [0.717, 1.165) is 49.8 Å². The maximum Gasteiger partial charge on any atom is 0.257 e. The number of aryl methyl sites for hydroxylation is 2. The summed E-state index contributed by atoms with van der Waals surface area (Å²) in [6.07, 6.45) is 2.11. The van der Waals surface area contributed by atoms with Gasteiger partial charge in [0.05, 0.1) is 12.2 Å². The third kappa shape index (κ3) is 5.97. The molecule has 0 bridgehead atoms. The van der Waals surface area contributed by atoms with Crippen molar-refractivity contribution in [2.75, 3.05) is 26.2 Å². The second kappa shape index (κ2) is 9.24. The summed E-state index contributed by atoms with van der Waals surface area (Å²) in [5, 5.41) is 3.61. The molecule has 27 heavy (non-hydrogen) atoms. The van der Waals surface area contributed by atoms with E-state index < -0.39 is 0 Å². The van der Waals surface area contributed by atoms with E-state index in [0.29, 0.717) is 23.2 Å². The molecule has 0 radical (unpaired) electrons. The minimum atomic E-state index is -0.0990. The van der Waals surface area contributed by atoms with Crippen molar-refractivity contribution in [3.8, 4) is 5.75 Å². The van der Waals surface area contributed by atoms with E-state index in [9.17, 15) is 4.79 Å². The van der Waals surface area contributed by atoms with E-state index in [2.05, 4.69) is 15.2 Å². The number of oxazole rings is 1. The quantitative estimate of drug-likeness (QED) is 0.783. The Labute approximate surface area is 164 Å². The lowest BCUT2D eigenvalue weighted by atomic mass is 9.97. The molecule has 1 aliphatic rings. The molecule has 1 N–H and O–H groups in total. The number of rotatable bonds is 7. The fourth-order valence-electron chi connectivity index (χ4n) is 3.14. The van der Waals surface area contributed by atoms with Crippen LogP contribution in [0.1, 0.15) is 30.2 Å². The summed E-state index contributed by atoms with van der Waals surface area (Å²) in [6.45, 7) is 7.34. The lowest BCUT2D eigenvalue weighted by molar-refractivity contribution is -0.123. The Kier molecular flexibility index (Phi) is 6.74. The van der Waals surface area contributed by atoms with Crippen molar-refractivity contribution >= 4 is 17.5 Å². The van der Waals surface area contributed by atoms with Crippen molar-refractivity contribution in [2.45, 2.75) is 33.2 Å². The van der Waals surface area contributed by atoms with Crippen LogP contribution in [0.5, 0.6) is 5.75 Å². The highest BCUT2D eigenvalue weighted by Crippen LogP contribution is 2.19. The number of benzene rings is 1. The molecular formula is C20H26ClN3O3. The summed E-state index contributed by atoms with van der Waals surface area (Å²) in [7, 11) is 0. The van der Waals surface area contributed by atoms with E-state index in [1.165, 1.54) is 0 Å². The lowest BCUT2D eigenvalue weighted by Gasteiger charge is -2.31. The molecule has 1 aromatic carbocycles. The number of carbonyl (C=O) groups excluding carboxylic acids is 1. The number of piperidine rings is 1. The lowest BCUT2D eigenvalue weighted by Crippen LogP contribution is -2.39. The number of aromatic nitrogens is 1. The number of hydrogen-bond acceptors (Lipinski definition) is 5. The van der Waals surface area contributed by atoms with Crippen LogP contribution < -0.4 is 10.1 Å². The van der Waals surface area contributed by atoms with E-state index in [4.69, 9.17) is 20.8 Å². The fraction of sp³-hybridized carbons (Fsp3) is 0.500. The SMILES string of the molecule is Cc1nc(CN2CCC(CNC(=O)COc3ccc(Cl)cc3)CC2)oc1C. The third-order valence-corrected chi connectivity index (χ3v) is 5.16. The first-order valence-corrected chi connectivity index (χ1v) is 9.67. The van der Waals surface area contributed by atoms with Crippen molar-refractivity contribution in [2.24, 2.45) is 5.92 Å². The first-order chi connectivity index (χ1) is 13.0. The van der Waals surface area contributed by atoms with Crippen LogP contribution in [-0.4, -0.2) is 42.0 Å². The van der Waals surface area contributed by atoms with Gasteiger partial charge in [-0.1, -0.05) is 11.6 Å². The Morgan fingerprint density at radius 2 is 2.00 bits per heavy atom. The molecule has 1 saturated heterocycles. The van der Waals surface area contributed by atoms with Gasteiger partial charge in [0, 0.05) is 11.6 Å². The van der Waals surface area contributed by atoms with Crippen LogP contribution >= 0.6 is 11.6 Å². The molecule has 0 spiro atoms. The molecular weight excluding hydrogens is 366 g/mol. The van der Waals surface area contributed by atoms with Crippen LogP contribution in [0.25, 0.3) is 0 Å². The molecule has 0 unspecified atom stereocenters. The van der Waals surface area contributed by atoms with Gasteiger partial charge in [-0.25, -0.2) is 4.98 Å². The van der Waals surface area contributed by atoms with Crippen LogP contribution in [0, 0.1) is 19.8 Å². The number of halogens is 1. The summed E-state index contributed by atoms with van der Waals surface area (Å²) < 4.78 is 11.1. The number of ether oxygens (including phenoxy) is 1. The average molecular weight is 392 g/mol. The first kappa shape index (κ1) is 19.7. The average Bonchev–Trinajstić information content (AvgIpc) is 2.98. The zero-order valence-electron chi connectivity index (χ0n) is 15.8. The van der Waals surface area contributed by atoms with Gasteiger partial charge < -0.3 is 14.5 Å². The highest BCUT2D eigenvalue weighted by Gasteiger charge is 2.21. The zero-order chi connectivity index (χ0) is 19.2. The fourth-order valence-corrected chi connectivity index (χ4v) is 3.26. The van der Waals surface area contributed by atoms with Gasteiger partial charge in [0.25, 0.3) is 5.91 Å². The second-order valence-electron chi connectivity index (χ2n) is 7.02. The summed E-state index contributed by atoms with van der Waals surface area (Å²) in [5.74, 6) is 2.71. The maximum absolute atomic E-state index is 12.0. The highest BCUT2D eigenvalue weighted by molar-refractivity contribution is 6.30. The number of likely N-dealkylation sites (tertiary alicyclic amines) is 1. The second-order valence-corrected chi connectivity index (χ2v) is 7.45. The normalized spacial score (nSPS) is 15.7. The van der Waals surface area contributed by atoms with Crippen molar-refractivity contribution in [3.63, 3.8) is 0 Å². The van der Waals surface area contributed by atoms with Gasteiger partial charge in [0.15, 0.2) is 6.61 Å². The molecule has 2 aromatic rings. The van der Waals surface area contributed by atoms with Crippen LogP contribution in [0.2, 0.25) is 5.02 Å². The third-order valence-electron chi connectivity index (χ3n) is 4.91. The van der Waals surface area contributed by atoms with Gasteiger partial charge in [0.1, 0.15) is 11.5 Å². The highest BCUT2D eigenvalue weighted by atomic mass is 35.5. The Morgan fingerprint density at radius 1 is 1.30 bits per heavy atom. The van der Waals surface area contributed by atoms with Crippen LogP contribution in [0.3, 0.4) is 0 Å². The minimum absolute atomic E-state index is 0.0172. The maximum atomic E-state index is 12.0. The van der Waals surface area contributed by atoms with E-state index >= 15 is 0 Å². The van der Waals surface area contributed by atoms with Gasteiger partial charge in [-0.05, 0) is 70.0 Å². The standard InChI is InChI=1S/C20H26ClN3O3/c1-14-15(2)27-20(23-14)12-24-9-7-16(8-10-24)11-22-19(25)13-26-18-5-3-17(21)4-6-18/h3-6,16H,7-13H2,1-2H3,(H,22,25). The molecule has 6 nitrogen and oxygen atoms in total. The van der Waals surface area contributed by atoms with Gasteiger partial charge in [-0.3, -0.25) is 9.69 Å². The smallest absolute Gasteiger partial charge is 0.257 e. The Morgan fingerprint density at radius 3 is 2.63 bits per heavy atom. The van der Waals surface area contributed by atoms with Crippen LogP contribution in [0.15, 0.2) is 28.7 Å². The molecule has 1 fully saturated rings. The summed E-state index contributed by atoms with van der Waals surface area (Å²) in [5.41, 5.74) is 0.961. The van der Waals surface area contributed by atoms with Crippen molar-refractivity contribution in [1.82, 2.24) is 15.2 Å². The monoisotopic (exact) mass is 391 g/mol. The molecule has 146 valence electrons. The predicted molar refractivity (Wildman–Crippen MR) is 104 cm³/mol. The molecule has 1 amide bonds. The summed E-state index contributed by atoms with van der Waals surface area (Å²) in [6, 6.07) is 6.98. The van der Waals surface area contributed by atoms with Crippen LogP contribution in [0.4, 0.5) is 0 Å². The van der Waals surface area contributed by atoms with Crippen molar-refractivity contribution < 1.29 is 13.9 Å². The number of carbonyl (C=O) groups is 1. The van der Waals surface area contributed by atoms with E-state index in [-0.39, 0.29) is 12.5 Å². The zero-order valence-corrected chi connectivity index (χ0v) is 16.6. The van der Waals surface area contributed by atoms with Crippen LogP contribution in [-0.2, 0) is 11.3 Å². The summed E-state index contributed by atoms with van der Waals surface area (Å²) in [4.78, 5) is 18.8. The molecule has 2 heterocycles. The number of nitrogens with one attached hydrogen (secondary N) is 1. The predicted octanol–water partition coefficient (Wildman–Crippen LogP) is 3.35. The Bertz CT molecular complexity index is 733. The van der Waals surface area contributed by atoms with Gasteiger partial charge in [0.2, 0.25) is 5.89 Å². The molecule has 0 saturated carbocycles. The Balaban J connectivity index is 1.33. The number of amides is 1. The largest absolute Gasteiger partial charge is 0.484 e. The molecule has 0 aliphatic carbocycles. The number of nitrogens with zero attached hydrogens (tertiary/aromatic N) is 2. The molecule has 3 rings (SSSR count).